The number of hydrogen-bond acceptors (Lipinski definition) is 5. The van der Waals surface area contributed by atoms with Crippen molar-refractivity contribution in [1.29, 1.82) is 0 Å². The van der Waals surface area contributed by atoms with Gasteiger partial charge in [0.15, 0.2) is 0 Å². The van der Waals surface area contributed by atoms with E-state index >= 15 is 0 Å². The normalized spacial score (nSPS) is 40.7. The van der Waals surface area contributed by atoms with E-state index in [0.29, 0.717) is 12.8 Å². The highest BCUT2D eigenvalue weighted by Gasteiger charge is 2.59. The van der Waals surface area contributed by atoms with Gasteiger partial charge in [0, 0.05) is 33.0 Å². The summed E-state index contributed by atoms with van der Waals surface area (Å²) in [6, 6.07) is 9.96. The fourth-order valence-electron chi connectivity index (χ4n) is 3.55. The number of ether oxygens (including phenoxy) is 4. The summed E-state index contributed by atoms with van der Waals surface area (Å²) < 4.78 is 23.6. The highest BCUT2D eigenvalue weighted by Crippen LogP contribution is 2.46. The Morgan fingerprint density at radius 3 is 2.22 bits per heavy atom. The summed E-state index contributed by atoms with van der Waals surface area (Å²) in [5.41, 5.74) is 1.08. The van der Waals surface area contributed by atoms with Gasteiger partial charge >= 0.3 is 0 Å². The molecule has 0 amide bonds. The number of rotatable bonds is 3. The van der Waals surface area contributed by atoms with Crippen LogP contribution in [0.2, 0.25) is 0 Å². The third kappa shape index (κ3) is 2.72. The molecule has 1 aromatic rings. The lowest BCUT2D eigenvalue weighted by molar-refractivity contribution is -0.450. The van der Waals surface area contributed by atoms with Crippen LogP contribution in [0.15, 0.2) is 30.3 Å². The van der Waals surface area contributed by atoms with Crippen molar-refractivity contribution in [3.63, 3.8) is 0 Å². The van der Waals surface area contributed by atoms with E-state index in [1.807, 2.05) is 37.3 Å². The molecule has 5 heteroatoms. The lowest BCUT2D eigenvalue weighted by Crippen LogP contribution is -2.67. The SMILES string of the molecule is CO[C@@]1(C)O[C@H]2[C@@H](CC(=O)C[C@H]2c2ccccc2)O[C@]1(C)OC. The molecule has 1 saturated heterocycles. The van der Waals surface area contributed by atoms with E-state index in [9.17, 15) is 4.79 Å². The van der Waals surface area contributed by atoms with E-state index in [0.717, 1.165) is 5.56 Å². The minimum atomic E-state index is -1.07. The quantitative estimate of drug-likeness (QED) is 0.857. The van der Waals surface area contributed by atoms with Crippen LogP contribution in [-0.4, -0.2) is 43.8 Å². The topological polar surface area (TPSA) is 54.0 Å². The summed E-state index contributed by atoms with van der Waals surface area (Å²) in [5.74, 6) is -1.97. The van der Waals surface area contributed by atoms with E-state index < -0.39 is 11.6 Å². The largest absolute Gasteiger partial charge is 0.349 e. The molecule has 1 aliphatic heterocycles. The molecule has 1 saturated carbocycles. The molecule has 23 heavy (non-hydrogen) atoms. The molecule has 0 spiro atoms. The molecule has 2 fully saturated rings. The van der Waals surface area contributed by atoms with E-state index in [4.69, 9.17) is 18.9 Å². The Balaban J connectivity index is 1.96. The van der Waals surface area contributed by atoms with Gasteiger partial charge in [0.25, 0.3) is 0 Å². The van der Waals surface area contributed by atoms with Gasteiger partial charge in [-0.3, -0.25) is 4.79 Å². The zero-order valence-corrected chi connectivity index (χ0v) is 14.1. The van der Waals surface area contributed by atoms with Crippen LogP contribution in [0.5, 0.6) is 0 Å². The lowest BCUT2D eigenvalue weighted by Gasteiger charge is -2.54. The molecule has 0 bridgehead atoms. The van der Waals surface area contributed by atoms with Gasteiger partial charge in [0.2, 0.25) is 11.6 Å². The third-order valence-electron chi connectivity index (χ3n) is 5.21. The van der Waals surface area contributed by atoms with Crippen molar-refractivity contribution in [1.82, 2.24) is 0 Å². The summed E-state index contributed by atoms with van der Waals surface area (Å²) >= 11 is 0. The lowest BCUT2D eigenvalue weighted by atomic mass is 9.78. The minimum absolute atomic E-state index is 0.0432. The van der Waals surface area contributed by atoms with Crippen LogP contribution in [0, 0.1) is 0 Å². The van der Waals surface area contributed by atoms with Crippen molar-refractivity contribution in [3.8, 4) is 0 Å². The van der Waals surface area contributed by atoms with E-state index in [2.05, 4.69) is 0 Å². The first-order chi connectivity index (χ1) is 10.9. The molecule has 5 nitrogen and oxygen atoms in total. The van der Waals surface area contributed by atoms with Gasteiger partial charge in [-0.25, -0.2) is 0 Å². The Bertz CT molecular complexity index is 574. The molecule has 1 aliphatic carbocycles. The van der Waals surface area contributed by atoms with Gasteiger partial charge in [0.05, 0.1) is 12.2 Å². The van der Waals surface area contributed by atoms with Crippen molar-refractivity contribution in [2.45, 2.75) is 56.4 Å². The number of benzene rings is 1. The first kappa shape index (κ1) is 16.6. The van der Waals surface area contributed by atoms with Gasteiger partial charge in [-0.2, -0.15) is 0 Å². The molecule has 0 unspecified atom stereocenters. The molecule has 0 radical (unpaired) electrons. The van der Waals surface area contributed by atoms with Crippen molar-refractivity contribution in [3.05, 3.63) is 35.9 Å². The average Bonchev–Trinajstić information content (AvgIpc) is 2.56. The average molecular weight is 320 g/mol. The Kier molecular flexibility index (Phi) is 4.31. The first-order valence-corrected chi connectivity index (χ1v) is 7.95. The molecular weight excluding hydrogens is 296 g/mol. The molecule has 0 aromatic heterocycles. The van der Waals surface area contributed by atoms with Crippen LogP contribution in [0.25, 0.3) is 0 Å². The Hall–Kier alpha value is -1.27. The molecule has 1 heterocycles. The van der Waals surface area contributed by atoms with Gasteiger partial charge in [-0.1, -0.05) is 30.3 Å². The Labute approximate surface area is 136 Å². The fourth-order valence-corrected chi connectivity index (χ4v) is 3.55. The van der Waals surface area contributed by atoms with Crippen LogP contribution in [-0.2, 0) is 23.7 Å². The van der Waals surface area contributed by atoms with E-state index in [1.54, 1.807) is 21.1 Å². The molecule has 1 aromatic carbocycles. The van der Waals surface area contributed by atoms with Crippen LogP contribution in [0.3, 0.4) is 0 Å². The predicted molar refractivity (Wildman–Crippen MR) is 84.0 cm³/mol. The highest BCUT2D eigenvalue weighted by atomic mass is 16.8. The second kappa shape index (κ2) is 5.98. The van der Waals surface area contributed by atoms with Gasteiger partial charge in [-0.15, -0.1) is 0 Å². The number of methoxy groups -OCH3 is 2. The molecule has 5 atom stereocenters. The summed E-state index contributed by atoms with van der Waals surface area (Å²) in [4.78, 5) is 12.2. The highest BCUT2D eigenvalue weighted by molar-refractivity contribution is 5.81. The molecule has 126 valence electrons. The van der Waals surface area contributed by atoms with Gasteiger partial charge in [0.1, 0.15) is 5.78 Å². The number of fused-ring (bicyclic) bond motifs is 1. The number of carbonyl (C=O) groups excluding carboxylic acids is 1. The van der Waals surface area contributed by atoms with Crippen molar-refractivity contribution < 1.29 is 23.7 Å². The fraction of sp³-hybridized carbons (Fsp3) is 0.611. The first-order valence-electron chi connectivity index (χ1n) is 7.95. The molecular formula is C18H24O5. The minimum Gasteiger partial charge on any atom is -0.349 e. The number of carbonyl (C=O) groups is 1. The second-order valence-electron chi connectivity index (χ2n) is 6.50. The Morgan fingerprint density at radius 2 is 1.61 bits per heavy atom. The monoisotopic (exact) mass is 320 g/mol. The number of ketones is 1. The zero-order chi connectivity index (χ0) is 16.7. The predicted octanol–water partition coefficient (Wildman–Crippen LogP) is 2.64. The maximum Gasteiger partial charge on any atom is 0.220 e. The zero-order valence-electron chi connectivity index (χ0n) is 14.1. The maximum atomic E-state index is 12.2. The number of hydrogen-bond donors (Lipinski definition) is 0. The van der Waals surface area contributed by atoms with Crippen LogP contribution in [0.1, 0.15) is 38.2 Å². The molecule has 2 aliphatic rings. The van der Waals surface area contributed by atoms with E-state index in [1.165, 1.54) is 0 Å². The summed E-state index contributed by atoms with van der Waals surface area (Å²) in [5, 5.41) is 0. The van der Waals surface area contributed by atoms with Gasteiger partial charge in [-0.05, 0) is 19.4 Å². The molecule has 0 N–H and O–H groups in total. The summed E-state index contributed by atoms with van der Waals surface area (Å²) in [7, 11) is 3.13. The van der Waals surface area contributed by atoms with Gasteiger partial charge < -0.3 is 18.9 Å². The van der Waals surface area contributed by atoms with Crippen molar-refractivity contribution in [2.24, 2.45) is 0 Å². The standard InChI is InChI=1S/C18H24O5/c1-17(20-3)18(2,21-4)23-16-14(12-8-6-5-7-9-12)10-13(19)11-15(16)22-17/h5-9,14-16H,10-11H2,1-4H3/t14-,15+,16+,17-,18-/m0/s1. The smallest absolute Gasteiger partial charge is 0.220 e. The van der Waals surface area contributed by atoms with Crippen molar-refractivity contribution in [2.75, 3.05) is 14.2 Å². The van der Waals surface area contributed by atoms with Crippen LogP contribution in [0.4, 0.5) is 0 Å². The molecule has 3 rings (SSSR count). The summed E-state index contributed by atoms with van der Waals surface area (Å²) in [6.45, 7) is 3.59. The second-order valence-corrected chi connectivity index (χ2v) is 6.50. The van der Waals surface area contributed by atoms with Crippen LogP contribution >= 0.6 is 0 Å². The maximum absolute atomic E-state index is 12.2. The number of Topliss-reactive ketones (excluding diaryl/α,β-unsaturated/α-hetero) is 1. The third-order valence-corrected chi connectivity index (χ3v) is 5.21. The van der Waals surface area contributed by atoms with Crippen molar-refractivity contribution >= 4 is 5.78 Å². The Morgan fingerprint density at radius 1 is 1.00 bits per heavy atom. The van der Waals surface area contributed by atoms with E-state index in [-0.39, 0.29) is 23.9 Å². The van der Waals surface area contributed by atoms with Crippen LogP contribution < -0.4 is 0 Å². The summed E-state index contributed by atoms with van der Waals surface area (Å²) in [6.07, 6.45) is 0.211.